The number of carboxylic acid groups (broad SMARTS) is 1. The van der Waals surface area contributed by atoms with Gasteiger partial charge in [0.15, 0.2) is 0 Å². The molecule has 0 aromatic carbocycles. The third kappa shape index (κ3) is 4.98. The van der Waals surface area contributed by atoms with Gasteiger partial charge in [0.05, 0.1) is 19.1 Å². The number of likely N-dealkylation sites (tertiary alicyclic amines) is 1. The normalized spacial score (nSPS) is 23.5. The van der Waals surface area contributed by atoms with Crippen molar-refractivity contribution in [3.63, 3.8) is 0 Å². The van der Waals surface area contributed by atoms with Crippen LogP contribution in [0.1, 0.15) is 13.3 Å². The Morgan fingerprint density at radius 1 is 1.47 bits per heavy atom. The van der Waals surface area contributed by atoms with E-state index in [0.717, 1.165) is 0 Å². The zero-order chi connectivity index (χ0) is 14.4. The minimum absolute atomic E-state index is 0.0427. The highest BCUT2D eigenvalue weighted by atomic mass is 19.3. The fourth-order valence-electron chi connectivity index (χ4n) is 2.05. The second-order valence-electron chi connectivity index (χ2n) is 4.37. The number of amides is 1. The first-order chi connectivity index (χ1) is 8.93. The zero-order valence-corrected chi connectivity index (χ0v) is 10.6. The fourth-order valence-corrected chi connectivity index (χ4v) is 2.05. The first-order valence-electron chi connectivity index (χ1n) is 6.10. The van der Waals surface area contributed by atoms with Crippen molar-refractivity contribution in [3.05, 3.63) is 0 Å². The molecule has 6 nitrogen and oxygen atoms in total. The zero-order valence-electron chi connectivity index (χ0n) is 10.6. The van der Waals surface area contributed by atoms with Gasteiger partial charge in [0.2, 0.25) is 0 Å². The van der Waals surface area contributed by atoms with Crippen molar-refractivity contribution in [1.82, 2.24) is 10.2 Å². The van der Waals surface area contributed by atoms with Crippen LogP contribution in [0.5, 0.6) is 0 Å². The lowest BCUT2D eigenvalue weighted by atomic mass is 9.94. The summed E-state index contributed by atoms with van der Waals surface area (Å²) in [6.07, 6.45) is -2.91. The van der Waals surface area contributed by atoms with Crippen molar-refractivity contribution >= 4 is 12.1 Å². The molecule has 0 saturated carbocycles. The molecule has 0 aromatic heterocycles. The minimum atomic E-state index is -2.51. The molecule has 0 bridgehead atoms. The second-order valence-corrected chi connectivity index (χ2v) is 4.37. The molecule has 1 rings (SSSR count). The standard InChI is InChI=1S/C11H18F2N2O4/c1-2-19-11(18)15-5-7(10(16)17)3-8(6-15)14-4-9(12)13/h7-9,14H,2-6H2,1H3,(H,16,17). The van der Waals surface area contributed by atoms with Crippen molar-refractivity contribution in [2.45, 2.75) is 25.8 Å². The van der Waals surface area contributed by atoms with E-state index in [-0.39, 0.29) is 26.1 Å². The van der Waals surface area contributed by atoms with Crippen LogP contribution in [-0.2, 0) is 9.53 Å². The van der Waals surface area contributed by atoms with Crippen molar-refractivity contribution in [2.24, 2.45) is 5.92 Å². The van der Waals surface area contributed by atoms with Crippen LogP contribution < -0.4 is 5.32 Å². The van der Waals surface area contributed by atoms with Crippen molar-refractivity contribution in [2.75, 3.05) is 26.2 Å². The number of piperidine rings is 1. The van der Waals surface area contributed by atoms with Crippen LogP contribution in [0.15, 0.2) is 0 Å². The number of carbonyl (C=O) groups excluding carboxylic acids is 1. The van der Waals surface area contributed by atoms with Gasteiger partial charge in [-0.3, -0.25) is 4.79 Å². The summed E-state index contributed by atoms with van der Waals surface area (Å²) in [5.74, 6) is -1.81. The van der Waals surface area contributed by atoms with Crippen molar-refractivity contribution < 1.29 is 28.2 Å². The van der Waals surface area contributed by atoms with Gasteiger partial charge < -0.3 is 20.1 Å². The Morgan fingerprint density at radius 3 is 2.68 bits per heavy atom. The molecule has 110 valence electrons. The minimum Gasteiger partial charge on any atom is -0.481 e. The summed E-state index contributed by atoms with van der Waals surface area (Å²) in [6, 6.07) is -0.465. The molecule has 0 spiro atoms. The lowest BCUT2D eigenvalue weighted by Crippen LogP contribution is -2.53. The molecular weight excluding hydrogens is 262 g/mol. The van der Waals surface area contributed by atoms with Gasteiger partial charge in [-0.2, -0.15) is 0 Å². The van der Waals surface area contributed by atoms with E-state index in [1.54, 1.807) is 6.92 Å². The summed E-state index contributed by atoms with van der Waals surface area (Å²) in [7, 11) is 0. The van der Waals surface area contributed by atoms with Gasteiger partial charge in [0, 0.05) is 19.1 Å². The third-order valence-corrected chi connectivity index (χ3v) is 2.89. The first-order valence-corrected chi connectivity index (χ1v) is 6.10. The van der Waals surface area contributed by atoms with Crippen LogP contribution in [0.25, 0.3) is 0 Å². The Morgan fingerprint density at radius 2 is 2.16 bits per heavy atom. The number of alkyl halides is 2. The molecule has 8 heteroatoms. The van der Waals surface area contributed by atoms with Crippen LogP contribution in [0, 0.1) is 5.92 Å². The fraction of sp³-hybridized carbons (Fsp3) is 0.818. The molecule has 2 unspecified atom stereocenters. The van der Waals surface area contributed by atoms with Gasteiger partial charge in [-0.25, -0.2) is 13.6 Å². The molecule has 2 N–H and O–H groups in total. The van der Waals surface area contributed by atoms with E-state index in [0.29, 0.717) is 0 Å². The Hall–Kier alpha value is -1.44. The number of nitrogens with one attached hydrogen (secondary N) is 1. The van der Waals surface area contributed by atoms with Crippen LogP contribution in [0.3, 0.4) is 0 Å². The van der Waals surface area contributed by atoms with Crippen LogP contribution in [0.4, 0.5) is 13.6 Å². The van der Waals surface area contributed by atoms with E-state index in [1.807, 2.05) is 0 Å². The molecule has 2 atom stereocenters. The number of carboxylic acids is 1. The molecule has 0 aliphatic carbocycles. The predicted octanol–water partition coefficient (Wildman–Crippen LogP) is 0.773. The number of hydrogen-bond donors (Lipinski definition) is 2. The van der Waals surface area contributed by atoms with E-state index < -0.39 is 37.0 Å². The van der Waals surface area contributed by atoms with Gasteiger partial charge in [0.1, 0.15) is 0 Å². The molecular formula is C11H18F2N2O4. The van der Waals surface area contributed by atoms with Gasteiger partial charge in [-0.1, -0.05) is 0 Å². The molecule has 1 aliphatic heterocycles. The lowest BCUT2D eigenvalue weighted by molar-refractivity contribution is -0.143. The number of halogens is 2. The highest BCUT2D eigenvalue weighted by Gasteiger charge is 2.34. The van der Waals surface area contributed by atoms with Crippen LogP contribution >= 0.6 is 0 Å². The molecule has 19 heavy (non-hydrogen) atoms. The van der Waals surface area contributed by atoms with Crippen LogP contribution in [0.2, 0.25) is 0 Å². The smallest absolute Gasteiger partial charge is 0.409 e. The Balaban J connectivity index is 2.62. The number of ether oxygens (including phenoxy) is 1. The summed E-state index contributed by atoms with van der Waals surface area (Å²) < 4.78 is 29.1. The lowest BCUT2D eigenvalue weighted by Gasteiger charge is -2.35. The molecule has 1 saturated heterocycles. The summed E-state index contributed by atoms with van der Waals surface area (Å²) in [5, 5.41) is 11.6. The topological polar surface area (TPSA) is 78.9 Å². The number of aliphatic carboxylic acids is 1. The number of rotatable bonds is 5. The van der Waals surface area contributed by atoms with E-state index in [1.165, 1.54) is 4.90 Å². The average molecular weight is 280 g/mol. The maximum atomic E-state index is 12.1. The van der Waals surface area contributed by atoms with Gasteiger partial charge in [-0.15, -0.1) is 0 Å². The van der Waals surface area contributed by atoms with Gasteiger partial charge in [-0.05, 0) is 13.3 Å². The third-order valence-electron chi connectivity index (χ3n) is 2.89. The summed E-state index contributed by atoms with van der Waals surface area (Å²) >= 11 is 0. The molecule has 0 radical (unpaired) electrons. The molecule has 1 fully saturated rings. The maximum Gasteiger partial charge on any atom is 0.409 e. The van der Waals surface area contributed by atoms with Crippen molar-refractivity contribution in [3.8, 4) is 0 Å². The summed E-state index contributed by atoms with van der Waals surface area (Å²) in [5.41, 5.74) is 0. The van der Waals surface area contributed by atoms with Gasteiger partial charge >= 0.3 is 12.1 Å². The number of carbonyl (C=O) groups is 2. The Kier molecular flexibility index (Phi) is 5.94. The number of nitrogens with zero attached hydrogens (tertiary/aromatic N) is 1. The summed E-state index contributed by atoms with van der Waals surface area (Å²) in [6.45, 7) is 1.52. The monoisotopic (exact) mass is 280 g/mol. The van der Waals surface area contributed by atoms with E-state index >= 15 is 0 Å². The highest BCUT2D eigenvalue weighted by molar-refractivity contribution is 5.73. The Bertz CT molecular complexity index is 328. The average Bonchev–Trinajstić information content (AvgIpc) is 2.36. The molecule has 1 amide bonds. The van der Waals surface area contributed by atoms with Crippen molar-refractivity contribution in [1.29, 1.82) is 0 Å². The highest BCUT2D eigenvalue weighted by Crippen LogP contribution is 2.18. The van der Waals surface area contributed by atoms with E-state index in [4.69, 9.17) is 9.84 Å². The molecule has 1 heterocycles. The van der Waals surface area contributed by atoms with Crippen LogP contribution in [-0.4, -0.2) is 60.8 Å². The van der Waals surface area contributed by atoms with Gasteiger partial charge in [0.25, 0.3) is 6.43 Å². The quantitative estimate of drug-likeness (QED) is 0.777. The largest absolute Gasteiger partial charge is 0.481 e. The first kappa shape index (κ1) is 15.6. The summed E-state index contributed by atoms with van der Waals surface area (Å²) in [4.78, 5) is 23.8. The second kappa shape index (κ2) is 7.22. The molecule has 1 aliphatic rings. The number of hydrogen-bond acceptors (Lipinski definition) is 4. The Labute approximate surface area is 109 Å². The predicted molar refractivity (Wildman–Crippen MR) is 62.1 cm³/mol. The van der Waals surface area contributed by atoms with E-state index in [2.05, 4.69) is 5.32 Å². The maximum absolute atomic E-state index is 12.1. The SMILES string of the molecule is CCOC(=O)N1CC(NCC(F)F)CC(C(=O)O)C1. The van der Waals surface area contributed by atoms with E-state index in [9.17, 15) is 18.4 Å². The molecule has 0 aromatic rings.